The lowest BCUT2D eigenvalue weighted by Gasteiger charge is -2.11. The second-order valence-electron chi connectivity index (χ2n) is 4.77. The number of pyridine rings is 2. The zero-order chi connectivity index (χ0) is 15.2. The molecule has 0 unspecified atom stereocenters. The quantitative estimate of drug-likeness (QED) is 0.884. The molecule has 0 aromatic carbocycles. The molecule has 0 aliphatic heterocycles. The van der Waals surface area contributed by atoms with Crippen molar-refractivity contribution in [3.05, 3.63) is 53.1 Å². The van der Waals surface area contributed by atoms with Crippen molar-refractivity contribution >= 4 is 11.6 Å². The van der Waals surface area contributed by atoms with Crippen LogP contribution in [0.3, 0.4) is 0 Å². The number of hydrogen-bond acceptors (Lipinski definition) is 4. The van der Waals surface area contributed by atoms with Crippen LogP contribution in [0.1, 0.15) is 34.2 Å². The Bertz CT molecular complexity index is 640. The van der Waals surface area contributed by atoms with Gasteiger partial charge in [-0.2, -0.15) is 0 Å². The topological polar surface area (TPSA) is 66.9 Å². The number of amides is 1. The van der Waals surface area contributed by atoms with Gasteiger partial charge >= 0.3 is 0 Å². The first-order valence-corrected chi connectivity index (χ1v) is 7.01. The summed E-state index contributed by atoms with van der Waals surface area (Å²) in [6, 6.07) is 5.79. The molecule has 0 fully saturated rings. The number of hydrogen-bond donors (Lipinski definition) is 2. The van der Waals surface area contributed by atoms with E-state index in [1.807, 2.05) is 25.1 Å². The third-order valence-electron chi connectivity index (χ3n) is 3.34. The Morgan fingerprint density at radius 1 is 1.33 bits per heavy atom. The molecule has 0 aliphatic rings. The van der Waals surface area contributed by atoms with Crippen molar-refractivity contribution in [1.82, 2.24) is 15.3 Å². The van der Waals surface area contributed by atoms with Gasteiger partial charge in [0, 0.05) is 25.1 Å². The van der Waals surface area contributed by atoms with Crippen LogP contribution in [0.25, 0.3) is 0 Å². The normalized spacial score (nSPS) is 10.2. The van der Waals surface area contributed by atoms with Crippen molar-refractivity contribution in [2.45, 2.75) is 26.8 Å². The minimum atomic E-state index is -0.153. The van der Waals surface area contributed by atoms with Gasteiger partial charge < -0.3 is 10.6 Å². The van der Waals surface area contributed by atoms with Crippen molar-refractivity contribution in [3.63, 3.8) is 0 Å². The van der Waals surface area contributed by atoms with Crippen LogP contribution in [0.15, 0.2) is 30.6 Å². The Hall–Kier alpha value is -2.43. The molecule has 2 heterocycles. The molecule has 2 rings (SSSR count). The van der Waals surface area contributed by atoms with Crippen molar-refractivity contribution in [3.8, 4) is 0 Å². The minimum Gasteiger partial charge on any atom is -0.387 e. The number of anilines is 1. The number of aromatic nitrogens is 2. The van der Waals surface area contributed by atoms with Crippen LogP contribution in [-0.4, -0.2) is 22.9 Å². The van der Waals surface area contributed by atoms with Crippen LogP contribution in [0, 0.1) is 6.92 Å². The van der Waals surface area contributed by atoms with E-state index < -0.39 is 0 Å². The van der Waals surface area contributed by atoms with Crippen molar-refractivity contribution in [1.29, 1.82) is 0 Å². The fraction of sp³-hybridized carbons (Fsp3) is 0.312. The van der Waals surface area contributed by atoms with Gasteiger partial charge in [-0.1, -0.05) is 13.0 Å². The molecule has 0 bridgehead atoms. The van der Waals surface area contributed by atoms with E-state index in [0.29, 0.717) is 12.1 Å². The first kappa shape index (κ1) is 15.0. The molecule has 2 N–H and O–H groups in total. The summed E-state index contributed by atoms with van der Waals surface area (Å²) in [6.45, 7) is 4.38. The fourth-order valence-corrected chi connectivity index (χ4v) is 2.16. The molecule has 2 aromatic heterocycles. The third kappa shape index (κ3) is 3.56. The number of nitrogens with zero attached hydrogens (tertiary/aromatic N) is 2. The number of carbonyl (C=O) groups is 1. The highest BCUT2D eigenvalue weighted by Gasteiger charge is 2.12. The maximum Gasteiger partial charge on any atom is 0.255 e. The molecule has 21 heavy (non-hydrogen) atoms. The molecule has 0 radical (unpaired) electrons. The minimum absolute atomic E-state index is 0.153. The average Bonchev–Trinajstić information content (AvgIpc) is 2.52. The van der Waals surface area contributed by atoms with Gasteiger partial charge in [0.2, 0.25) is 0 Å². The molecule has 0 atom stereocenters. The first-order chi connectivity index (χ1) is 10.2. The highest BCUT2D eigenvalue weighted by molar-refractivity contribution is 5.99. The third-order valence-corrected chi connectivity index (χ3v) is 3.34. The van der Waals surface area contributed by atoms with Crippen LogP contribution in [0.2, 0.25) is 0 Å². The lowest BCUT2D eigenvalue weighted by molar-refractivity contribution is 0.0951. The molecule has 0 aliphatic carbocycles. The maximum absolute atomic E-state index is 12.3. The highest BCUT2D eigenvalue weighted by Crippen LogP contribution is 2.15. The van der Waals surface area contributed by atoms with Crippen LogP contribution < -0.4 is 10.6 Å². The summed E-state index contributed by atoms with van der Waals surface area (Å²) in [5.74, 6) is -0.153. The van der Waals surface area contributed by atoms with Crippen LogP contribution >= 0.6 is 0 Å². The van der Waals surface area contributed by atoms with E-state index in [1.165, 1.54) is 0 Å². The lowest BCUT2D eigenvalue weighted by atomic mass is 10.1. The Kier molecular flexibility index (Phi) is 4.87. The summed E-state index contributed by atoms with van der Waals surface area (Å²) in [7, 11) is 1.79. The van der Waals surface area contributed by atoms with Crippen molar-refractivity contribution in [2.75, 3.05) is 12.4 Å². The second-order valence-corrected chi connectivity index (χ2v) is 4.77. The maximum atomic E-state index is 12.3. The Morgan fingerprint density at radius 2 is 2.14 bits per heavy atom. The second kappa shape index (κ2) is 6.83. The highest BCUT2D eigenvalue weighted by atomic mass is 16.1. The molecule has 0 spiro atoms. The Morgan fingerprint density at radius 3 is 2.86 bits per heavy atom. The van der Waals surface area contributed by atoms with Gasteiger partial charge in [-0.3, -0.25) is 14.8 Å². The first-order valence-electron chi connectivity index (χ1n) is 7.01. The van der Waals surface area contributed by atoms with E-state index in [0.717, 1.165) is 29.1 Å². The standard InChI is InChI=1S/C16H20N4O/c1-4-12-6-5-7-18-15(12)10-20-16(21)13-9-19-11(2)8-14(13)17-3/h5-9H,4,10H2,1-3H3,(H,17,19)(H,20,21). The van der Waals surface area contributed by atoms with E-state index in [4.69, 9.17) is 0 Å². The van der Waals surface area contributed by atoms with Gasteiger partial charge in [-0.15, -0.1) is 0 Å². The van der Waals surface area contributed by atoms with E-state index in [2.05, 4.69) is 27.5 Å². The molecule has 110 valence electrons. The fourth-order valence-electron chi connectivity index (χ4n) is 2.16. The summed E-state index contributed by atoms with van der Waals surface area (Å²) in [6.07, 6.45) is 4.23. The summed E-state index contributed by atoms with van der Waals surface area (Å²) in [5, 5.41) is 5.92. The van der Waals surface area contributed by atoms with E-state index in [1.54, 1.807) is 19.4 Å². The predicted molar refractivity (Wildman–Crippen MR) is 83.3 cm³/mol. The zero-order valence-electron chi connectivity index (χ0n) is 12.6. The number of rotatable bonds is 5. The molecule has 2 aromatic rings. The van der Waals surface area contributed by atoms with Crippen LogP contribution in [0.5, 0.6) is 0 Å². The van der Waals surface area contributed by atoms with Crippen molar-refractivity contribution < 1.29 is 4.79 Å². The summed E-state index contributed by atoms with van der Waals surface area (Å²) in [4.78, 5) is 20.8. The lowest BCUT2D eigenvalue weighted by Crippen LogP contribution is -2.25. The zero-order valence-corrected chi connectivity index (χ0v) is 12.6. The van der Waals surface area contributed by atoms with Gasteiger partial charge in [-0.05, 0) is 31.0 Å². The van der Waals surface area contributed by atoms with Gasteiger partial charge in [0.15, 0.2) is 0 Å². The molecule has 0 saturated heterocycles. The van der Waals surface area contributed by atoms with Gasteiger partial charge in [0.05, 0.1) is 23.5 Å². The van der Waals surface area contributed by atoms with Crippen LogP contribution in [-0.2, 0) is 13.0 Å². The van der Waals surface area contributed by atoms with Crippen molar-refractivity contribution in [2.24, 2.45) is 0 Å². The molecular weight excluding hydrogens is 264 g/mol. The summed E-state index contributed by atoms with van der Waals surface area (Å²) in [5.41, 5.74) is 4.23. The average molecular weight is 284 g/mol. The molecule has 1 amide bonds. The van der Waals surface area contributed by atoms with E-state index in [-0.39, 0.29) is 5.91 Å². The number of aryl methyl sites for hydroxylation is 2. The van der Waals surface area contributed by atoms with E-state index >= 15 is 0 Å². The molecule has 5 heteroatoms. The smallest absolute Gasteiger partial charge is 0.255 e. The summed E-state index contributed by atoms with van der Waals surface area (Å²) < 4.78 is 0. The molecular formula is C16H20N4O. The predicted octanol–water partition coefficient (Wildman–Crippen LogP) is 2.32. The monoisotopic (exact) mass is 284 g/mol. The van der Waals surface area contributed by atoms with Gasteiger partial charge in [0.25, 0.3) is 5.91 Å². The van der Waals surface area contributed by atoms with E-state index in [9.17, 15) is 4.79 Å². The molecule has 0 saturated carbocycles. The van der Waals surface area contributed by atoms with Gasteiger partial charge in [-0.25, -0.2) is 0 Å². The summed E-state index contributed by atoms with van der Waals surface area (Å²) >= 11 is 0. The van der Waals surface area contributed by atoms with Gasteiger partial charge in [0.1, 0.15) is 0 Å². The largest absolute Gasteiger partial charge is 0.387 e. The van der Waals surface area contributed by atoms with Crippen LogP contribution in [0.4, 0.5) is 5.69 Å². The Labute approximate surface area is 124 Å². The SMILES string of the molecule is CCc1cccnc1CNC(=O)c1cnc(C)cc1NC. The Balaban J connectivity index is 2.12. The number of carbonyl (C=O) groups excluding carboxylic acids is 1. The molecule has 5 nitrogen and oxygen atoms in total. The number of nitrogens with one attached hydrogen (secondary N) is 2.